The molecule has 2 aliphatic carbocycles. The molecular formula is C12H21NO2. The van der Waals surface area contributed by atoms with Crippen molar-refractivity contribution in [3.8, 4) is 0 Å². The molecule has 2 aliphatic rings. The molecule has 0 spiro atoms. The van der Waals surface area contributed by atoms with Crippen molar-refractivity contribution in [3.05, 3.63) is 0 Å². The van der Waals surface area contributed by atoms with Crippen molar-refractivity contribution in [3.63, 3.8) is 0 Å². The van der Waals surface area contributed by atoms with Crippen LogP contribution in [0.5, 0.6) is 0 Å². The molecule has 0 bridgehead atoms. The first kappa shape index (κ1) is 10.9. The second-order valence-electron chi connectivity index (χ2n) is 5.44. The maximum Gasteiger partial charge on any atom is 0.310 e. The van der Waals surface area contributed by atoms with Crippen molar-refractivity contribution < 1.29 is 9.90 Å². The standard InChI is InChI=1S/C12H21NO2/c13-8-12(11(14)15,7-10-4-5-10)6-9-2-1-3-9/h9-10H,1-8,13H2,(H,14,15). The van der Waals surface area contributed by atoms with E-state index in [0.29, 0.717) is 18.4 Å². The predicted octanol–water partition coefficient (Wildman–Crippen LogP) is 2.01. The van der Waals surface area contributed by atoms with E-state index in [1.165, 1.54) is 32.1 Å². The molecule has 2 rings (SSSR count). The molecule has 3 heteroatoms. The first-order valence-electron chi connectivity index (χ1n) is 6.10. The van der Waals surface area contributed by atoms with Gasteiger partial charge in [-0.15, -0.1) is 0 Å². The Balaban J connectivity index is 1.99. The summed E-state index contributed by atoms with van der Waals surface area (Å²) in [6.07, 6.45) is 7.73. The lowest BCUT2D eigenvalue weighted by molar-refractivity contribution is -0.150. The summed E-state index contributed by atoms with van der Waals surface area (Å²) >= 11 is 0. The van der Waals surface area contributed by atoms with E-state index in [1.807, 2.05) is 0 Å². The Hall–Kier alpha value is -0.570. The minimum Gasteiger partial charge on any atom is -0.481 e. The third-order valence-electron chi connectivity index (χ3n) is 4.12. The summed E-state index contributed by atoms with van der Waals surface area (Å²) in [4.78, 5) is 11.4. The Morgan fingerprint density at radius 2 is 1.73 bits per heavy atom. The molecule has 86 valence electrons. The smallest absolute Gasteiger partial charge is 0.310 e. The summed E-state index contributed by atoms with van der Waals surface area (Å²) in [5.74, 6) is 0.608. The molecule has 2 fully saturated rings. The van der Waals surface area contributed by atoms with Crippen LogP contribution in [0.2, 0.25) is 0 Å². The third-order valence-corrected chi connectivity index (χ3v) is 4.12. The molecule has 0 saturated heterocycles. The maximum atomic E-state index is 11.4. The molecule has 0 radical (unpaired) electrons. The van der Waals surface area contributed by atoms with Gasteiger partial charge in [0.05, 0.1) is 5.41 Å². The average molecular weight is 211 g/mol. The Morgan fingerprint density at radius 1 is 1.20 bits per heavy atom. The van der Waals surface area contributed by atoms with Crippen molar-refractivity contribution in [2.75, 3.05) is 6.54 Å². The van der Waals surface area contributed by atoms with Gasteiger partial charge in [0.25, 0.3) is 0 Å². The fourth-order valence-corrected chi connectivity index (χ4v) is 2.64. The summed E-state index contributed by atoms with van der Waals surface area (Å²) < 4.78 is 0. The van der Waals surface area contributed by atoms with Crippen LogP contribution in [0.4, 0.5) is 0 Å². The van der Waals surface area contributed by atoms with Crippen LogP contribution in [-0.4, -0.2) is 17.6 Å². The summed E-state index contributed by atoms with van der Waals surface area (Å²) in [5, 5.41) is 9.39. The second-order valence-corrected chi connectivity index (χ2v) is 5.44. The van der Waals surface area contributed by atoms with Crippen molar-refractivity contribution in [1.29, 1.82) is 0 Å². The molecule has 1 atom stereocenters. The molecule has 3 N–H and O–H groups in total. The summed E-state index contributed by atoms with van der Waals surface area (Å²) in [6, 6.07) is 0. The van der Waals surface area contributed by atoms with Gasteiger partial charge in [-0.25, -0.2) is 0 Å². The predicted molar refractivity (Wildman–Crippen MR) is 58.4 cm³/mol. The lowest BCUT2D eigenvalue weighted by Gasteiger charge is -2.36. The average Bonchev–Trinajstić information content (AvgIpc) is 2.92. The molecule has 0 aromatic carbocycles. The van der Waals surface area contributed by atoms with Gasteiger partial charge in [-0.3, -0.25) is 4.79 Å². The van der Waals surface area contributed by atoms with E-state index in [0.717, 1.165) is 12.8 Å². The van der Waals surface area contributed by atoms with Gasteiger partial charge >= 0.3 is 5.97 Å². The van der Waals surface area contributed by atoms with Crippen LogP contribution in [0.15, 0.2) is 0 Å². The van der Waals surface area contributed by atoms with E-state index in [4.69, 9.17) is 5.73 Å². The topological polar surface area (TPSA) is 63.3 Å². The van der Waals surface area contributed by atoms with Crippen LogP contribution < -0.4 is 5.73 Å². The highest BCUT2D eigenvalue weighted by atomic mass is 16.4. The molecule has 15 heavy (non-hydrogen) atoms. The lowest BCUT2D eigenvalue weighted by atomic mass is 9.69. The van der Waals surface area contributed by atoms with E-state index in [9.17, 15) is 9.90 Å². The van der Waals surface area contributed by atoms with E-state index in [-0.39, 0.29) is 0 Å². The highest BCUT2D eigenvalue weighted by Gasteiger charge is 2.44. The second kappa shape index (κ2) is 4.12. The Labute approximate surface area is 91.0 Å². The molecule has 0 amide bonds. The molecule has 3 nitrogen and oxygen atoms in total. The van der Waals surface area contributed by atoms with Crippen LogP contribution in [-0.2, 0) is 4.79 Å². The van der Waals surface area contributed by atoms with Crippen molar-refractivity contribution >= 4 is 5.97 Å². The highest BCUT2D eigenvalue weighted by molar-refractivity contribution is 5.75. The Morgan fingerprint density at radius 3 is 2.00 bits per heavy atom. The zero-order valence-corrected chi connectivity index (χ0v) is 9.24. The van der Waals surface area contributed by atoms with Crippen molar-refractivity contribution in [2.24, 2.45) is 23.0 Å². The summed E-state index contributed by atoms with van der Waals surface area (Å²) in [7, 11) is 0. The number of hydrogen-bond donors (Lipinski definition) is 2. The largest absolute Gasteiger partial charge is 0.481 e. The molecule has 2 saturated carbocycles. The number of carboxylic acids is 1. The molecule has 1 unspecified atom stereocenters. The van der Waals surface area contributed by atoms with Crippen LogP contribution in [0.25, 0.3) is 0 Å². The SMILES string of the molecule is NCC(CC1CCC1)(CC1CC1)C(=O)O. The van der Waals surface area contributed by atoms with E-state index >= 15 is 0 Å². The fourth-order valence-electron chi connectivity index (χ4n) is 2.64. The van der Waals surface area contributed by atoms with Gasteiger partial charge in [-0.2, -0.15) is 0 Å². The Kier molecular flexibility index (Phi) is 3.01. The normalized spacial score (nSPS) is 25.7. The van der Waals surface area contributed by atoms with Crippen LogP contribution in [0, 0.1) is 17.3 Å². The Bertz CT molecular complexity index is 246. The van der Waals surface area contributed by atoms with Gasteiger partial charge in [0, 0.05) is 6.54 Å². The van der Waals surface area contributed by atoms with Gasteiger partial charge < -0.3 is 10.8 Å². The molecule has 0 aromatic heterocycles. The highest BCUT2D eigenvalue weighted by Crippen LogP contribution is 2.46. The van der Waals surface area contributed by atoms with Gasteiger partial charge in [0.15, 0.2) is 0 Å². The monoisotopic (exact) mass is 211 g/mol. The third kappa shape index (κ3) is 2.33. The summed E-state index contributed by atoms with van der Waals surface area (Å²) in [5.41, 5.74) is 5.13. The fraction of sp³-hybridized carbons (Fsp3) is 0.917. The number of carboxylic acid groups (broad SMARTS) is 1. The molecule has 0 aromatic rings. The van der Waals surface area contributed by atoms with Gasteiger partial charge in [-0.05, 0) is 24.7 Å². The number of aliphatic carboxylic acids is 1. The van der Waals surface area contributed by atoms with E-state index < -0.39 is 11.4 Å². The van der Waals surface area contributed by atoms with E-state index in [2.05, 4.69) is 0 Å². The quantitative estimate of drug-likeness (QED) is 0.706. The first-order chi connectivity index (χ1) is 7.16. The minimum absolute atomic E-state index is 0.315. The minimum atomic E-state index is -0.663. The number of hydrogen-bond acceptors (Lipinski definition) is 2. The van der Waals surface area contributed by atoms with E-state index in [1.54, 1.807) is 0 Å². The first-order valence-corrected chi connectivity index (χ1v) is 6.10. The number of carbonyl (C=O) groups is 1. The molecular weight excluding hydrogens is 190 g/mol. The van der Waals surface area contributed by atoms with Gasteiger partial charge in [-0.1, -0.05) is 32.1 Å². The zero-order chi connectivity index (χ0) is 10.9. The van der Waals surface area contributed by atoms with Crippen LogP contribution in [0.1, 0.15) is 44.9 Å². The number of rotatable bonds is 6. The van der Waals surface area contributed by atoms with Crippen molar-refractivity contribution in [2.45, 2.75) is 44.9 Å². The molecule has 0 aliphatic heterocycles. The lowest BCUT2D eigenvalue weighted by Crippen LogP contribution is -2.41. The van der Waals surface area contributed by atoms with Crippen LogP contribution >= 0.6 is 0 Å². The van der Waals surface area contributed by atoms with Gasteiger partial charge in [0.1, 0.15) is 0 Å². The number of nitrogens with two attached hydrogens (primary N) is 1. The zero-order valence-electron chi connectivity index (χ0n) is 9.24. The van der Waals surface area contributed by atoms with Gasteiger partial charge in [0.2, 0.25) is 0 Å². The summed E-state index contributed by atoms with van der Waals surface area (Å²) in [6.45, 7) is 0.315. The van der Waals surface area contributed by atoms with Crippen molar-refractivity contribution in [1.82, 2.24) is 0 Å². The molecule has 0 heterocycles. The maximum absolute atomic E-state index is 11.4. The van der Waals surface area contributed by atoms with Crippen LogP contribution in [0.3, 0.4) is 0 Å².